The molecule has 0 amide bonds. The summed E-state index contributed by atoms with van der Waals surface area (Å²) in [5.74, 6) is 1.09. The summed E-state index contributed by atoms with van der Waals surface area (Å²) in [6, 6.07) is 3.26. The van der Waals surface area contributed by atoms with Crippen LogP contribution in [0, 0.1) is 5.92 Å². The Labute approximate surface area is 126 Å². The smallest absolute Gasteiger partial charge is 0.274 e. The first-order valence-corrected chi connectivity index (χ1v) is 8.86. The van der Waals surface area contributed by atoms with Gasteiger partial charge < -0.3 is 14.5 Å². The number of rotatable bonds is 10. The van der Waals surface area contributed by atoms with E-state index in [1.54, 1.807) is 13.2 Å². The average Bonchev–Trinajstić information content (AvgIpc) is 2.98. The molecule has 0 aliphatic heterocycles. The summed E-state index contributed by atoms with van der Waals surface area (Å²) in [7, 11) is -1.90. The SMILES string of the molecule is CCCC1CC1NS(=O)(=O)c1ccc(CNCCOC)o1. The Kier molecular flexibility index (Phi) is 5.80. The Hall–Kier alpha value is -0.890. The summed E-state index contributed by atoms with van der Waals surface area (Å²) < 4.78 is 37.4. The molecule has 0 radical (unpaired) electrons. The lowest BCUT2D eigenvalue weighted by Gasteiger charge is -2.04. The van der Waals surface area contributed by atoms with Crippen molar-refractivity contribution in [3.05, 3.63) is 17.9 Å². The van der Waals surface area contributed by atoms with E-state index in [0.717, 1.165) is 19.3 Å². The molecule has 6 nitrogen and oxygen atoms in total. The molecule has 2 atom stereocenters. The van der Waals surface area contributed by atoms with Crippen LogP contribution in [0.4, 0.5) is 0 Å². The molecule has 7 heteroatoms. The first kappa shape index (κ1) is 16.5. The quantitative estimate of drug-likeness (QED) is 0.639. The van der Waals surface area contributed by atoms with Crippen LogP contribution in [0.5, 0.6) is 0 Å². The van der Waals surface area contributed by atoms with E-state index in [2.05, 4.69) is 17.0 Å². The van der Waals surface area contributed by atoms with E-state index in [9.17, 15) is 8.42 Å². The van der Waals surface area contributed by atoms with Crippen LogP contribution in [0.2, 0.25) is 0 Å². The molecule has 1 heterocycles. The predicted molar refractivity (Wildman–Crippen MR) is 79.4 cm³/mol. The normalized spacial score (nSPS) is 21.6. The second-order valence-electron chi connectivity index (χ2n) is 5.40. The summed E-state index contributed by atoms with van der Waals surface area (Å²) in [4.78, 5) is 0. The molecule has 21 heavy (non-hydrogen) atoms. The largest absolute Gasteiger partial charge is 0.447 e. The molecular formula is C14H24N2O4S. The molecule has 2 N–H and O–H groups in total. The van der Waals surface area contributed by atoms with Crippen molar-refractivity contribution in [2.75, 3.05) is 20.3 Å². The van der Waals surface area contributed by atoms with Crippen LogP contribution in [0.3, 0.4) is 0 Å². The topological polar surface area (TPSA) is 80.6 Å². The third-order valence-corrected chi connectivity index (χ3v) is 4.93. The highest BCUT2D eigenvalue weighted by atomic mass is 32.2. The summed E-state index contributed by atoms with van der Waals surface area (Å²) in [6.07, 6.45) is 3.08. The maximum absolute atomic E-state index is 12.2. The van der Waals surface area contributed by atoms with Gasteiger partial charge in [-0.2, -0.15) is 0 Å². The van der Waals surface area contributed by atoms with Gasteiger partial charge in [-0.15, -0.1) is 0 Å². The van der Waals surface area contributed by atoms with E-state index >= 15 is 0 Å². The molecule has 2 rings (SSSR count). The Morgan fingerprint density at radius 1 is 1.43 bits per heavy atom. The second-order valence-corrected chi connectivity index (χ2v) is 7.05. The number of methoxy groups -OCH3 is 1. The Morgan fingerprint density at radius 2 is 2.24 bits per heavy atom. The minimum absolute atomic E-state index is 0.00631. The van der Waals surface area contributed by atoms with Crippen molar-refractivity contribution >= 4 is 10.0 Å². The first-order valence-electron chi connectivity index (χ1n) is 7.37. The number of hydrogen-bond donors (Lipinski definition) is 2. The fraction of sp³-hybridized carbons (Fsp3) is 0.714. The van der Waals surface area contributed by atoms with Gasteiger partial charge in [0.2, 0.25) is 5.09 Å². The van der Waals surface area contributed by atoms with Gasteiger partial charge in [0.25, 0.3) is 10.0 Å². The molecule has 1 fully saturated rings. The summed E-state index contributed by atoms with van der Waals surface area (Å²) in [5, 5.41) is 3.10. The summed E-state index contributed by atoms with van der Waals surface area (Å²) >= 11 is 0. The average molecular weight is 316 g/mol. The van der Waals surface area contributed by atoms with Crippen molar-refractivity contribution in [3.63, 3.8) is 0 Å². The lowest BCUT2D eigenvalue weighted by atomic mass is 10.2. The Bertz CT molecular complexity index is 541. The number of ether oxygens (including phenoxy) is 1. The monoisotopic (exact) mass is 316 g/mol. The molecule has 0 bridgehead atoms. The number of sulfonamides is 1. The zero-order valence-corrected chi connectivity index (χ0v) is 13.4. The van der Waals surface area contributed by atoms with E-state index < -0.39 is 10.0 Å². The van der Waals surface area contributed by atoms with Crippen molar-refractivity contribution in [1.82, 2.24) is 10.0 Å². The van der Waals surface area contributed by atoms with Gasteiger partial charge in [0.1, 0.15) is 5.76 Å². The molecule has 0 saturated heterocycles. The zero-order valence-electron chi connectivity index (χ0n) is 12.6. The third-order valence-electron chi connectivity index (χ3n) is 3.57. The maximum Gasteiger partial charge on any atom is 0.274 e. The Balaban J connectivity index is 1.85. The fourth-order valence-electron chi connectivity index (χ4n) is 2.32. The van der Waals surface area contributed by atoms with E-state index in [1.165, 1.54) is 6.07 Å². The minimum atomic E-state index is -3.53. The minimum Gasteiger partial charge on any atom is -0.447 e. The van der Waals surface area contributed by atoms with E-state index in [4.69, 9.17) is 9.15 Å². The van der Waals surface area contributed by atoms with E-state index in [0.29, 0.717) is 31.4 Å². The van der Waals surface area contributed by atoms with Gasteiger partial charge >= 0.3 is 0 Å². The lowest BCUT2D eigenvalue weighted by molar-refractivity contribution is 0.198. The van der Waals surface area contributed by atoms with E-state index in [-0.39, 0.29) is 11.1 Å². The van der Waals surface area contributed by atoms with Gasteiger partial charge in [-0.3, -0.25) is 0 Å². The molecule has 1 aliphatic rings. The van der Waals surface area contributed by atoms with Crippen LogP contribution in [-0.4, -0.2) is 34.7 Å². The second kappa shape index (κ2) is 7.40. The van der Waals surface area contributed by atoms with Crippen molar-refractivity contribution in [3.8, 4) is 0 Å². The van der Waals surface area contributed by atoms with Crippen LogP contribution in [0.1, 0.15) is 31.9 Å². The molecule has 1 aliphatic carbocycles. The highest BCUT2D eigenvalue weighted by molar-refractivity contribution is 7.89. The molecule has 0 aromatic carbocycles. The van der Waals surface area contributed by atoms with Gasteiger partial charge in [-0.05, 0) is 30.9 Å². The van der Waals surface area contributed by atoms with Gasteiger partial charge in [-0.25, -0.2) is 13.1 Å². The van der Waals surface area contributed by atoms with Crippen molar-refractivity contribution in [2.45, 2.75) is 43.9 Å². The number of nitrogens with one attached hydrogen (secondary N) is 2. The third kappa shape index (κ3) is 4.81. The maximum atomic E-state index is 12.2. The van der Waals surface area contributed by atoms with Crippen molar-refractivity contribution in [2.24, 2.45) is 5.92 Å². The molecular weight excluding hydrogens is 292 g/mol. The Morgan fingerprint density at radius 3 is 2.95 bits per heavy atom. The lowest BCUT2D eigenvalue weighted by Crippen LogP contribution is -2.26. The predicted octanol–water partition coefficient (Wildman–Crippen LogP) is 1.48. The summed E-state index contributed by atoms with van der Waals surface area (Å²) in [6.45, 7) is 3.90. The van der Waals surface area contributed by atoms with Crippen LogP contribution in [0.25, 0.3) is 0 Å². The zero-order chi connectivity index (χ0) is 15.3. The molecule has 1 aromatic heterocycles. The molecule has 120 valence electrons. The molecule has 2 unspecified atom stereocenters. The summed E-state index contributed by atoms with van der Waals surface area (Å²) in [5.41, 5.74) is 0. The fourth-order valence-corrected chi connectivity index (χ4v) is 3.59. The van der Waals surface area contributed by atoms with Gasteiger partial charge in [-0.1, -0.05) is 13.3 Å². The van der Waals surface area contributed by atoms with Gasteiger partial charge in [0.05, 0.1) is 13.2 Å². The van der Waals surface area contributed by atoms with E-state index in [1.807, 2.05) is 0 Å². The number of hydrogen-bond acceptors (Lipinski definition) is 5. The van der Waals surface area contributed by atoms with Gasteiger partial charge in [0, 0.05) is 19.7 Å². The van der Waals surface area contributed by atoms with Crippen molar-refractivity contribution in [1.29, 1.82) is 0 Å². The van der Waals surface area contributed by atoms with Crippen LogP contribution in [-0.2, 0) is 21.3 Å². The van der Waals surface area contributed by atoms with Crippen LogP contribution >= 0.6 is 0 Å². The van der Waals surface area contributed by atoms with Gasteiger partial charge in [0.15, 0.2) is 0 Å². The first-order chi connectivity index (χ1) is 10.1. The van der Waals surface area contributed by atoms with Crippen molar-refractivity contribution < 1.29 is 17.6 Å². The highest BCUT2D eigenvalue weighted by Gasteiger charge is 2.39. The molecule has 1 aromatic rings. The van der Waals surface area contributed by atoms with Crippen LogP contribution in [0.15, 0.2) is 21.6 Å². The van der Waals surface area contributed by atoms with Crippen LogP contribution < -0.4 is 10.0 Å². The standard InChI is InChI=1S/C14H24N2O4S/c1-3-4-11-9-13(11)16-21(17,18)14-6-5-12(20-14)10-15-7-8-19-2/h5-6,11,13,15-16H,3-4,7-10H2,1-2H3. The molecule has 1 saturated carbocycles. The number of furan rings is 1. The highest BCUT2D eigenvalue weighted by Crippen LogP contribution is 2.35. The molecule has 0 spiro atoms.